The van der Waals surface area contributed by atoms with Crippen LogP contribution in [0.1, 0.15) is 0 Å². The van der Waals surface area contributed by atoms with Gasteiger partial charge in [-0.05, 0) is 22.9 Å². The molecule has 0 aliphatic carbocycles. The molecular weight excluding hydrogens is 292 g/mol. The van der Waals surface area contributed by atoms with E-state index in [-0.39, 0.29) is 25.4 Å². The standard InChI is InChI=1S/C19H20O4/c1-3-10-21-14-15(2)19(20)23-12-11-22-18-9-8-16-6-4-5-7-17(16)13-18/h3-9,13H,1-2,10-12,14H2. The highest BCUT2D eigenvalue weighted by Crippen LogP contribution is 2.20. The van der Waals surface area contributed by atoms with Gasteiger partial charge in [0.25, 0.3) is 0 Å². The smallest absolute Gasteiger partial charge is 0.335 e. The Morgan fingerprint density at radius 1 is 1.09 bits per heavy atom. The molecule has 0 fully saturated rings. The lowest BCUT2D eigenvalue weighted by Crippen LogP contribution is -2.16. The Labute approximate surface area is 136 Å². The summed E-state index contributed by atoms with van der Waals surface area (Å²) in [6.45, 7) is 8.10. The average molecular weight is 312 g/mol. The lowest BCUT2D eigenvalue weighted by atomic mass is 10.1. The highest BCUT2D eigenvalue weighted by Gasteiger charge is 2.08. The number of carbonyl (C=O) groups is 1. The molecule has 0 spiro atoms. The van der Waals surface area contributed by atoms with Crippen molar-refractivity contribution < 1.29 is 19.0 Å². The molecule has 0 saturated heterocycles. The lowest BCUT2D eigenvalue weighted by molar-refractivity contribution is -0.140. The Bertz CT molecular complexity index is 691. The van der Waals surface area contributed by atoms with Gasteiger partial charge in [-0.2, -0.15) is 0 Å². The van der Waals surface area contributed by atoms with Gasteiger partial charge in [-0.3, -0.25) is 0 Å². The Hall–Kier alpha value is -2.59. The summed E-state index contributed by atoms with van der Waals surface area (Å²) in [6, 6.07) is 13.9. The van der Waals surface area contributed by atoms with E-state index in [9.17, 15) is 4.79 Å². The summed E-state index contributed by atoms with van der Waals surface area (Å²) < 4.78 is 15.8. The number of hydrogen-bond donors (Lipinski definition) is 0. The van der Waals surface area contributed by atoms with Crippen molar-refractivity contribution in [2.45, 2.75) is 0 Å². The van der Waals surface area contributed by atoms with Crippen molar-refractivity contribution in [2.75, 3.05) is 26.4 Å². The van der Waals surface area contributed by atoms with E-state index in [1.54, 1.807) is 6.08 Å². The summed E-state index contributed by atoms with van der Waals surface area (Å²) in [6.07, 6.45) is 1.61. The van der Waals surface area contributed by atoms with Crippen LogP contribution in [0.3, 0.4) is 0 Å². The zero-order chi connectivity index (χ0) is 16.5. The monoisotopic (exact) mass is 312 g/mol. The minimum atomic E-state index is -0.476. The Morgan fingerprint density at radius 3 is 2.65 bits per heavy atom. The van der Waals surface area contributed by atoms with Crippen LogP contribution in [0.4, 0.5) is 0 Å². The second kappa shape index (κ2) is 8.76. The van der Waals surface area contributed by atoms with Crippen molar-refractivity contribution in [3.05, 3.63) is 67.3 Å². The summed E-state index contributed by atoms with van der Waals surface area (Å²) >= 11 is 0. The molecule has 4 nitrogen and oxygen atoms in total. The molecule has 0 aliphatic heterocycles. The molecule has 2 aromatic carbocycles. The van der Waals surface area contributed by atoms with E-state index in [0.717, 1.165) is 16.5 Å². The van der Waals surface area contributed by atoms with E-state index in [2.05, 4.69) is 13.2 Å². The van der Waals surface area contributed by atoms with E-state index in [0.29, 0.717) is 6.61 Å². The normalized spacial score (nSPS) is 10.3. The predicted molar refractivity (Wildman–Crippen MR) is 90.6 cm³/mol. The van der Waals surface area contributed by atoms with Gasteiger partial charge < -0.3 is 14.2 Å². The Kier molecular flexibility index (Phi) is 6.39. The van der Waals surface area contributed by atoms with Crippen LogP contribution < -0.4 is 4.74 Å². The van der Waals surface area contributed by atoms with Gasteiger partial charge in [-0.25, -0.2) is 4.79 Å². The molecule has 120 valence electrons. The van der Waals surface area contributed by atoms with E-state index in [1.165, 1.54) is 0 Å². The molecule has 0 unspecified atom stereocenters. The van der Waals surface area contributed by atoms with Gasteiger partial charge in [0.2, 0.25) is 0 Å². The first-order chi connectivity index (χ1) is 11.2. The van der Waals surface area contributed by atoms with Crippen LogP contribution in [0, 0.1) is 0 Å². The average Bonchev–Trinajstić information content (AvgIpc) is 2.58. The highest BCUT2D eigenvalue weighted by molar-refractivity contribution is 5.88. The first kappa shape index (κ1) is 16.8. The second-order valence-corrected chi connectivity index (χ2v) is 4.90. The van der Waals surface area contributed by atoms with E-state index < -0.39 is 5.97 Å². The molecule has 2 aromatic rings. The first-order valence-corrected chi connectivity index (χ1v) is 7.36. The number of rotatable bonds is 9. The van der Waals surface area contributed by atoms with E-state index >= 15 is 0 Å². The largest absolute Gasteiger partial charge is 0.490 e. The number of hydrogen-bond acceptors (Lipinski definition) is 4. The van der Waals surface area contributed by atoms with Gasteiger partial charge in [0.15, 0.2) is 0 Å². The Morgan fingerprint density at radius 2 is 1.87 bits per heavy atom. The lowest BCUT2D eigenvalue weighted by Gasteiger charge is -2.09. The molecule has 0 amide bonds. The molecule has 4 heteroatoms. The van der Waals surface area contributed by atoms with Crippen LogP contribution in [-0.4, -0.2) is 32.4 Å². The van der Waals surface area contributed by atoms with Gasteiger partial charge in [0.05, 0.1) is 18.8 Å². The molecule has 0 aliphatic rings. The van der Waals surface area contributed by atoms with Crippen LogP contribution in [0.2, 0.25) is 0 Å². The van der Waals surface area contributed by atoms with Crippen molar-refractivity contribution in [3.8, 4) is 5.75 Å². The fourth-order valence-corrected chi connectivity index (χ4v) is 1.98. The molecule has 0 bridgehead atoms. The fraction of sp³-hybridized carbons (Fsp3) is 0.211. The molecule has 0 aromatic heterocycles. The highest BCUT2D eigenvalue weighted by atomic mass is 16.6. The van der Waals surface area contributed by atoms with Crippen LogP contribution in [0.25, 0.3) is 10.8 Å². The van der Waals surface area contributed by atoms with Gasteiger partial charge in [0.1, 0.15) is 19.0 Å². The zero-order valence-electron chi connectivity index (χ0n) is 13.0. The maximum atomic E-state index is 11.6. The maximum absolute atomic E-state index is 11.6. The van der Waals surface area contributed by atoms with Gasteiger partial charge in [-0.15, -0.1) is 6.58 Å². The zero-order valence-corrected chi connectivity index (χ0v) is 13.0. The second-order valence-electron chi connectivity index (χ2n) is 4.90. The van der Waals surface area contributed by atoms with Gasteiger partial charge >= 0.3 is 5.97 Å². The molecule has 0 N–H and O–H groups in total. The number of fused-ring (bicyclic) bond motifs is 1. The quantitative estimate of drug-likeness (QED) is 0.307. The summed E-state index contributed by atoms with van der Waals surface area (Å²) in [5, 5.41) is 2.26. The van der Waals surface area contributed by atoms with E-state index in [4.69, 9.17) is 14.2 Å². The van der Waals surface area contributed by atoms with Gasteiger partial charge in [0, 0.05) is 0 Å². The van der Waals surface area contributed by atoms with Crippen molar-refractivity contribution >= 4 is 16.7 Å². The van der Waals surface area contributed by atoms with Crippen LogP contribution in [0.15, 0.2) is 67.3 Å². The molecule has 0 heterocycles. The number of carbonyl (C=O) groups excluding carboxylic acids is 1. The topological polar surface area (TPSA) is 44.8 Å². The minimum Gasteiger partial charge on any atom is -0.490 e. The SMILES string of the molecule is C=CCOCC(=C)C(=O)OCCOc1ccc2ccccc2c1. The molecule has 23 heavy (non-hydrogen) atoms. The molecular formula is C19H20O4. The number of ether oxygens (including phenoxy) is 3. The third-order valence-corrected chi connectivity index (χ3v) is 3.11. The third-order valence-electron chi connectivity index (χ3n) is 3.11. The fourth-order valence-electron chi connectivity index (χ4n) is 1.98. The van der Waals surface area contributed by atoms with Crippen molar-refractivity contribution in [2.24, 2.45) is 0 Å². The number of esters is 1. The molecule has 0 saturated carbocycles. The van der Waals surface area contributed by atoms with Crippen molar-refractivity contribution in [1.29, 1.82) is 0 Å². The van der Waals surface area contributed by atoms with E-state index in [1.807, 2.05) is 42.5 Å². The Balaban J connectivity index is 1.72. The molecule has 0 radical (unpaired) electrons. The summed E-state index contributed by atoms with van der Waals surface area (Å²) in [4.78, 5) is 11.6. The first-order valence-electron chi connectivity index (χ1n) is 7.36. The summed E-state index contributed by atoms with van der Waals surface area (Å²) in [5.74, 6) is 0.268. The van der Waals surface area contributed by atoms with Crippen LogP contribution in [-0.2, 0) is 14.3 Å². The van der Waals surface area contributed by atoms with Crippen LogP contribution >= 0.6 is 0 Å². The van der Waals surface area contributed by atoms with Crippen LogP contribution in [0.5, 0.6) is 5.75 Å². The van der Waals surface area contributed by atoms with Gasteiger partial charge in [-0.1, -0.05) is 43.0 Å². The summed E-state index contributed by atoms with van der Waals surface area (Å²) in [7, 11) is 0. The molecule has 0 atom stereocenters. The third kappa shape index (κ3) is 5.27. The maximum Gasteiger partial charge on any atom is 0.335 e. The molecule has 2 rings (SSSR count). The summed E-state index contributed by atoms with van der Waals surface area (Å²) in [5.41, 5.74) is 0.276. The number of benzene rings is 2. The predicted octanol–water partition coefficient (Wildman–Crippen LogP) is 3.52. The minimum absolute atomic E-state index is 0.135. The van der Waals surface area contributed by atoms with Crippen molar-refractivity contribution in [1.82, 2.24) is 0 Å². The van der Waals surface area contributed by atoms with Crippen molar-refractivity contribution in [3.63, 3.8) is 0 Å².